The molecule has 3 nitrogen and oxygen atoms in total. The normalized spacial score (nSPS) is 10.9. The molecule has 0 spiro atoms. The molecule has 104 valence electrons. The summed E-state index contributed by atoms with van der Waals surface area (Å²) in [4.78, 5) is 4.30. The SMILES string of the molecule is CCOc1ccc(CN=Cc2cc(Cl)ccc2O)cc1. The van der Waals surface area contributed by atoms with E-state index in [1.807, 2.05) is 31.2 Å². The van der Waals surface area contributed by atoms with Crippen molar-refractivity contribution in [2.24, 2.45) is 4.99 Å². The van der Waals surface area contributed by atoms with Crippen LogP contribution in [0.1, 0.15) is 18.1 Å². The summed E-state index contributed by atoms with van der Waals surface area (Å²) in [6, 6.07) is 12.7. The quantitative estimate of drug-likeness (QED) is 0.843. The van der Waals surface area contributed by atoms with Crippen LogP contribution < -0.4 is 4.74 Å². The van der Waals surface area contributed by atoms with E-state index in [0.29, 0.717) is 23.7 Å². The van der Waals surface area contributed by atoms with E-state index in [1.165, 1.54) is 0 Å². The minimum absolute atomic E-state index is 0.171. The second kappa shape index (κ2) is 6.96. The maximum absolute atomic E-state index is 9.66. The summed E-state index contributed by atoms with van der Waals surface area (Å²) >= 11 is 5.87. The molecule has 0 unspecified atom stereocenters. The van der Waals surface area contributed by atoms with E-state index in [0.717, 1.165) is 11.3 Å². The molecule has 0 aliphatic heterocycles. The molecule has 4 heteroatoms. The van der Waals surface area contributed by atoms with Gasteiger partial charge in [-0.05, 0) is 42.8 Å². The lowest BCUT2D eigenvalue weighted by Gasteiger charge is -2.03. The van der Waals surface area contributed by atoms with Crippen LogP contribution in [0.2, 0.25) is 5.02 Å². The molecule has 1 N–H and O–H groups in total. The van der Waals surface area contributed by atoms with Gasteiger partial charge < -0.3 is 9.84 Å². The van der Waals surface area contributed by atoms with Gasteiger partial charge in [0.2, 0.25) is 0 Å². The highest BCUT2D eigenvalue weighted by molar-refractivity contribution is 6.30. The predicted molar refractivity (Wildman–Crippen MR) is 82.0 cm³/mol. The Morgan fingerprint density at radius 1 is 1.20 bits per heavy atom. The van der Waals surface area contributed by atoms with Gasteiger partial charge in [0.05, 0.1) is 13.2 Å². The number of aliphatic imine (C=N–C) groups is 1. The van der Waals surface area contributed by atoms with Crippen LogP contribution in [-0.4, -0.2) is 17.9 Å². The van der Waals surface area contributed by atoms with Gasteiger partial charge in [-0.25, -0.2) is 0 Å². The molecule has 20 heavy (non-hydrogen) atoms. The maximum atomic E-state index is 9.66. The fourth-order valence-corrected chi connectivity index (χ4v) is 1.92. The Balaban J connectivity index is 2.00. The average molecular weight is 290 g/mol. The number of phenolic OH excluding ortho intramolecular Hbond substituents is 1. The van der Waals surface area contributed by atoms with E-state index >= 15 is 0 Å². The molecule has 2 rings (SSSR count). The number of hydrogen-bond donors (Lipinski definition) is 1. The van der Waals surface area contributed by atoms with Crippen LogP contribution >= 0.6 is 11.6 Å². The van der Waals surface area contributed by atoms with Gasteiger partial charge >= 0.3 is 0 Å². The summed E-state index contributed by atoms with van der Waals surface area (Å²) < 4.78 is 5.38. The van der Waals surface area contributed by atoms with Crippen LogP contribution in [0.15, 0.2) is 47.5 Å². The molecule has 0 atom stereocenters. The fourth-order valence-electron chi connectivity index (χ4n) is 1.74. The molecule has 0 bridgehead atoms. The van der Waals surface area contributed by atoms with E-state index in [4.69, 9.17) is 16.3 Å². The van der Waals surface area contributed by atoms with Crippen molar-refractivity contribution < 1.29 is 9.84 Å². The number of phenols is 1. The molecule has 0 radical (unpaired) electrons. The summed E-state index contributed by atoms with van der Waals surface area (Å²) in [6.45, 7) is 3.15. The third-order valence-electron chi connectivity index (χ3n) is 2.73. The van der Waals surface area contributed by atoms with Crippen molar-refractivity contribution in [2.75, 3.05) is 6.61 Å². The molecule has 0 heterocycles. The average Bonchev–Trinajstić information content (AvgIpc) is 2.45. The van der Waals surface area contributed by atoms with Gasteiger partial charge in [-0.3, -0.25) is 4.99 Å². The lowest BCUT2D eigenvalue weighted by atomic mass is 10.2. The Bertz CT molecular complexity index is 594. The molecule has 0 saturated carbocycles. The molecule has 0 amide bonds. The van der Waals surface area contributed by atoms with E-state index in [2.05, 4.69) is 4.99 Å². The topological polar surface area (TPSA) is 41.8 Å². The maximum Gasteiger partial charge on any atom is 0.124 e. The molecule has 2 aromatic carbocycles. The van der Waals surface area contributed by atoms with Gasteiger partial charge in [0.1, 0.15) is 11.5 Å². The van der Waals surface area contributed by atoms with Gasteiger partial charge in [-0.15, -0.1) is 0 Å². The first-order valence-electron chi connectivity index (χ1n) is 6.39. The van der Waals surface area contributed by atoms with E-state index in [9.17, 15) is 5.11 Å². The summed E-state index contributed by atoms with van der Waals surface area (Å²) in [6.07, 6.45) is 1.62. The van der Waals surface area contributed by atoms with Gasteiger partial charge in [-0.2, -0.15) is 0 Å². The van der Waals surface area contributed by atoms with Crippen LogP contribution in [-0.2, 0) is 6.54 Å². The standard InChI is InChI=1S/C16H16ClNO2/c1-2-20-15-6-3-12(4-7-15)10-18-11-13-9-14(17)5-8-16(13)19/h3-9,11,19H,2,10H2,1H3. The second-order valence-electron chi connectivity index (χ2n) is 4.25. The Hall–Kier alpha value is -2.00. The minimum atomic E-state index is 0.171. The highest BCUT2D eigenvalue weighted by atomic mass is 35.5. The van der Waals surface area contributed by atoms with Crippen molar-refractivity contribution in [1.82, 2.24) is 0 Å². The number of halogens is 1. The predicted octanol–water partition coefficient (Wildman–Crippen LogP) is 4.06. The minimum Gasteiger partial charge on any atom is -0.507 e. The molecule has 0 aromatic heterocycles. The molecule has 0 saturated heterocycles. The first-order chi connectivity index (χ1) is 9.69. The van der Waals surface area contributed by atoms with Crippen LogP contribution in [0, 0.1) is 0 Å². The van der Waals surface area contributed by atoms with Crippen molar-refractivity contribution in [3.8, 4) is 11.5 Å². The van der Waals surface area contributed by atoms with Gasteiger partial charge in [0, 0.05) is 16.8 Å². The van der Waals surface area contributed by atoms with Crippen LogP contribution in [0.3, 0.4) is 0 Å². The van der Waals surface area contributed by atoms with Gasteiger partial charge in [0.15, 0.2) is 0 Å². The Morgan fingerprint density at radius 2 is 1.95 bits per heavy atom. The van der Waals surface area contributed by atoms with Crippen molar-refractivity contribution in [2.45, 2.75) is 13.5 Å². The number of hydrogen-bond acceptors (Lipinski definition) is 3. The third-order valence-corrected chi connectivity index (χ3v) is 2.96. The Morgan fingerprint density at radius 3 is 2.65 bits per heavy atom. The summed E-state index contributed by atoms with van der Waals surface area (Å²) in [5.41, 5.74) is 1.69. The zero-order valence-electron chi connectivity index (χ0n) is 11.2. The molecular weight excluding hydrogens is 274 g/mol. The third kappa shape index (κ3) is 4.00. The monoisotopic (exact) mass is 289 g/mol. The van der Waals surface area contributed by atoms with Gasteiger partial charge in [-0.1, -0.05) is 23.7 Å². The van der Waals surface area contributed by atoms with E-state index in [1.54, 1.807) is 24.4 Å². The number of aromatic hydroxyl groups is 1. The number of benzene rings is 2. The molecule has 0 aliphatic rings. The van der Waals surface area contributed by atoms with E-state index in [-0.39, 0.29) is 5.75 Å². The van der Waals surface area contributed by atoms with Crippen LogP contribution in [0.4, 0.5) is 0 Å². The smallest absolute Gasteiger partial charge is 0.124 e. The zero-order valence-corrected chi connectivity index (χ0v) is 12.0. The molecule has 2 aromatic rings. The Labute approximate surface area is 123 Å². The fraction of sp³-hybridized carbons (Fsp3) is 0.188. The molecular formula is C16H16ClNO2. The largest absolute Gasteiger partial charge is 0.507 e. The zero-order chi connectivity index (χ0) is 14.4. The molecule has 0 aliphatic carbocycles. The molecule has 0 fully saturated rings. The summed E-state index contributed by atoms with van der Waals surface area (Å²) in [7, 11) is 0. The second-order valence-corrected chi connectivity index (χ2v) is 4.69. The van der Waals surface area contributed by atoms with Crippen molar-refractivity contribution in [3.63, 3.8) is 0 Å². The van der Waals surface area contributed by atoms with E-state index < -0.39 is 0 Å². The van der Waals surface area contributed by atoms with Crippen molar-refractivity contribution >= 4 is 17.8 Å². The van der Waals surface area contributed by atoms with Crippen molar-refractivity contribution in [3.05, 3.63) is 58.6 Å². The highest BCUT2D eigenvalue weighted by Gasteiger charge is 1.99. The lowest BCUT2D eigenvalue weighted by molar-refractivity contribution is 0.340. The van der Waals surface area contributed by atoms with Gasteiger partial charge in [0.25, 0.3) is 0 Å². The Kier molecular flexibility index (Phi) is 5.02. The lowest BCUT2D eigenvalue weighted by Crippen LogP contribution is -1.91. The number of rotatable bonds is 5. The summed E-state index contributed by atoms with van der Waals surface area (Å²) in [5, 5.41) is 10.2. The highest BCUT2D eigenvalue weighted by Crippen LogP contribution is 2.20. The first kappa shape index (κ1) is 14.4. The van der Waals surface area contributed by atoms with Crippen LogP contribution in [0.5, 0.6) is 11.5 Å². The first-order valence-corrected chi connectivity index (χ1v) is 6.77. The van der Waals surface area contributed by atoms with Crippen molar-refractivity contribution in [1.29, 1.82) is 0 Å². The summed E-state index contributed by atoms with van der Waals surface area (Å²) in [5.74, 6) is 1.03. The van der Waals surface area contributed by atoms with Crippen LogP contribution in [0.25, 0.3) is 0 Å². The number of nitrogens with zero attached hydrogens (tertiary/aromatic N) is 1. The number of ether oxygens (including phenoxy) is 1.